The first-order valence-corrected chi connectivity index (χ1v) is 8.31. The number of nitrogens with zero attached hydrogens (tertiary/aromatic N) is 1. The first-order chi connectivity index (χ1) is 12.6. The molecule has 0 spiro atoms. The van der Waals surface area contributed by atoms with Crippen molar-refractivity contribution in [2.75, 3.05) is 19.5 Å². The molecule has 0 aromatic heterocycles. The topological polar surface area (TPSA) is 56.8 Å². The fraction of sp³-hybridized carbons (Fsp3) is 0.250. The number of allylic oxidation sites excluding steroid dienone is 1. The van der Waals surface area contributed by atoms with Crippen LogP contribution in [0.2, 0.25) is 0 Å². The molecular weight excluding hydrogens is 338 g/mol. The first-order valence-electron chi connectivity index (χ1n) is 8.31. The Labute approximate surface area is 152 Å². The molecule has 2 rings (SSSR count). The number of anilines is 1. The second-order valence-electron chi connectivity index (χ2n) is 5.54. The average Bonchev–Trinajstić information content (AvgIpc) is 2.63. The van der Waals surface area contributed by atoms with Crippen molar-refractivity contribution in [3.05, 3.63) is 53.6 Å². The highest BCUT2D eigenvalue weighted by Gasteiger charge is 2.08. The summed E-state index contributed by atoms with van der Waals surface area (Å²) in [5.41, 5.74) is 6.69. The van der Waals surface area contributed by atoms with Crippen molar-refractivity contribution in [2.24, 2.45) is 4.99 Å². The van der Waals surface area contributed by atoms with E-state index in [2.05, 4.69) is 11.9 Å². The van der Waals surface area contributed by atoms with E-state index >= 15 is 0 Å². The summed E-state index contributed by atoms with van der Waals surface area (Å²) < 4.78 is 37.5. The lowest BCUT2D eigenvalue weighted by atomic mass is 10.1. The van der Waals surface area contributed by atoms with Gasteiger partial charge in [-0.05, 0) is 24.6 Å². The van der Waals surface area contributed by atoms with Gasteiger partial charge in [0.2, 0.25) is 0 Å². The summed E-state index contributed by atoms with van der Waals surface area (Å²) in [6.45, 7) is 2.68. The molecule has 4 nitrogen and oxygen atoms in total. The Hall–Kier alpha value is -2.89. The van der Waals surface area contributed by atoms with Gasteiger partial charge in [-0.15, -0.1) is 0 Å². The minimum Gasteiger partial charge on any atom is -0.493 e. The summed E-state index contributed by atoms with van der Waals surface area (Å²) >= 11 is 0. The number of benzene rings is 2. The van der Waals surface area contributed by atoms with E-state index in [1.54, 1.807) is 19.3 Å². The summed E-state index contributed by atoms with van der Waals surface area (Å²) in [6.07, 6.45) is 6.89. The molecule has 0 bridgehead atoms. The number of rotatable bonds is 8. The molecule has 0 heterocycles. The van der Waals surface area contributed by atoms with Crippen molar-refractivity contribution in [1.82, 2.24) is 0 Å². The Morgan fingerprint density at radius 1 is 1.19 bits per heavy atom. The zero-order chi connectivity index (χ0) is 18.9. The van der Waals surface area contributed by atoms with Crippen LogP contribution in [0.15, 0.2) is 41.4 Å². The van der Waals surface area contributed by atoms with E-state index in [-0.39, 0.29) is 11.4 Å². The average molecular weight is 360 g/mol. The molecule has 0 aliphatic carbocycles. The molecule has 0 unspecified atom stereocenters. The fourth-order valence-corrected chi connectivity index (χ4v) is 2.23. The number of nitrogens with two attached hydrogens (primary N) is 1. The number of nitrogen functional groups attached to an aromatic ring is 1. The SMILES string of the molecule is CCCCOc1c(C=CC=Nc2cc(F)c(F)cc2N)cccc1OC. The Kier molecular flexibility index (Phi) is 7.14. The van der Waals surface area contributed by atoms with E-state index in [4.69, 9.17) is 15.2 Å². The number of hydrogen-bond acceptors (Lipinski definition) is 4. The third kappa shape index (κ3) is 5.05. The van der Waals surface area contributed by atoms with Crippen molar-refractivity contribution in [2.45, 2.75) is 19.8 Å². The van der Waals surface area contributed by atoms with Gasteiger partial charge in [0.05, 0.1) is 25.1 Å². The van der Waals surface area contributed by atoms with Gasteiger partial charge in [0.1, 0.15) is 0 Å². The lowest BCUT2D eigenvalue weighted by Gasteiger charge is -2.12. The van der Waals surface area contributed by atoms with Gasteiger partial charge in [-0.2, -0.15) is 0 Å². The predicted octanol–water partition coefficient (Wildman–Crippen LogP) is 5.15. The highest BCUT2D eigenvalue weighted by atomic mass is 19.2. The van der Waals surface area contributed by atoms with E-state index in [0.717, 1.165) is 30.5 Å². The van der Waals surface area contributed by atoms with Crippen molar-refractivity contribution >= 4 is 23.7 Å². The van der Waals surface area contributed by atoms with Crippen LogP contribution in [-0.4, -0.2) is 19.9 Å². The normalized spacial score (nSPS) is 11.4. The van der Waals surface area contributed by atoms with Crippen molar-refractivity contribution in [3.63, 3.8) is 0 Å². The first kappa shape index (κ1) is 19.4. The van der Waals surface area contributed by atoms with Gasteiger partial charge < -0.3 is 15.2 Å². The molecule has 0 radical (unpaired) electrons. The van der Waals surface area contributed by atoms with Gasteiger partial charge in [0, 0.05) is 23.9 Å². The molecule has 6 heteroatoms. The van der Waals surface area contributed by atoms with Crippen LogP contribution < -0.4 is 15.2 Å². The monoisotopic (exact) mass is 360 g/mol. The highest BCUT2D eigenvalue weighted by molar-refractivity contribution is 5.83. The largest absolute Gasteiger partial charge is 0.493 e. The Morgan fingerprint density at radius 2 is 1.96 bits per heavy atom. The second-order valence-corrected chi connectivity index (χ2v) is 5.54. The van der Waals surface area contributed by atoms with E-state index in [0.29, 0.717) is 18.1 Å². The number of unbranched alkanes of at least 4 members (excludes halogenated alkanes) is 1. The fourth-order valence-electron chi connectivity index (χ4n) is 2.23. The molecule has 2 aromatic carbocycles. The molecule has 0 saturated heterocycles. The minimum absolute atomic E-state index is 0.0681. The van der Waals surface area contributed by atoms with E-state index in [1.807, 2.05) is 18.2 Å². The van der Waals surface area contributed by atoms with Crippen LogP contribution in [0, 0.1) is 11.6 Å². The molecule has 0 fully saturated rings. The van der Waals surface area contributed by atoms with Gasteiger partial charge in [0.25, 0.3) is 0 Å². The number of para-hydroxylation sites is 1. The number of aliphatic imine (C=N–C) groups is 1. The lowest BCUT2D eigenvalue weighted by molar-refractivity contribution is 0.287. The molecular formula is C20H22F2N2O2. The maximum atomic E-state index is 13.3. The predicted molar refractivity (Wildman–Crippen MR) is 101 cm³/mol. The van der Waals surface area contributed by atoms with Crippen LogP contribution in [0.25, 0.3) is 6.08 Å². The lowest BCUT2D eigenvalue weighted by Crippen LogP contribution is -2.00. The van der Waals surface area contributed by atoms with E-state index in [1.165, 1.54) is 6.21 Å². The number of halogens is 2. The maximum Gasteiger partial charge on any atom is 0.168 e. The van der Waals surface area contributed by atoms with Crippen molar-refractivity contribution in [3.8, 4) is 11.5 Å². The van der Waals surface area contributed by atoms with Crippen molar-refractivity contribution in [1.29, 1.82) is 0 Å². The van der Waals surface area contributed by atoms with Crippen LogP contribution in [-0.2, 0) is 0 Å². The van der Waals surface area contributed by atoms with Crippen LogP contribution in [0.3, 0.4) is 0 Å². The van der Waals surface area contributed by atoms with Crippen LogP contribution in [0.5, 0.6) is 11.5 Å². The highest BCUT2D eigenvalue weighted by Crippen LogP contribution is 2.32. The second kappa shape index (κ2) is 9.56. The Balaban J connectivity index is 2.18. The minimum atomic E-state index is -0.998. The number of hydrogen-bond donors (Lipinski definition) is 1. The third-order valence-electron chi connectivity index (χ3n) is 3.62. The summed E-state index contributed by atoms with van der Waals surface area (Å²) in [5, 5.41) is 0. The van der Waals surface area contributed by atoms with Gasteiger partial charge in [-0.25, -0.2) is 8.78 Å². The quantitative estimate of drug-likeness (QED) is 0.402. The molecule has 0 saturated carbocycles. The smallest absolute Gasteiger partial charge is 0.168 e. The number of methoxy groups -OCH3 is 1. The van der Waals surface area contributed by atoms with Gasteiger partial charge in [0.15, 0.2) is 23.1 Å². The zero-order valence-corrected chi connectivity index (χ0v) is 14.8. The Bertz CT molecular complexity index is 805. The molecule has 0 atom stereocenters. The summed E-state index contributed by atoms with van der Waals surface area (Å²) in [6, 6.07) is 7.44. The number of ether oxygens (including phenoxy) is 2. The molecule has 2 aromatic rings. The maximum absolute atomic E-state index is 13.3. The molecule has 26 heavy (non-hydrogen) atoms. The van der Waals surface area contributed by atoms with Crippen LogP contribution in [0.1, 0.15) is 25.3 Å². The molecule has 0 aliphatic heterocycles. The summed E-state index contributed by atoms with van der Waals surface area (Å²) in [7, 11) is 1.59. The van der Waals surface area contributed by atoms with Gasteiger partial charge in [-0.1, -0.05) is 25.5 Å². The zero-order valence-electron chi connectivity index (χ0n) is 14.8. The van der Waals surface area contributed by atoms with Gasteiger partial charge >= 0.3 is 0 Å². The summed E-state index contributed by atoms with van der Waals surface area (Å²) in [5.74, 6) is -0.692. The molecule has 0 amide bonds. The van der Waals surface area contributed by atoms with Gasteiger partial charge in [-0.3, -0.25) is 4.99 Å². The van der Waals surface area contributed by atoms with E-state index in [9.17, 15) is 8.78 Å². The Morgan fingerprint density at radius 3 is 2.69 bits per heavy atom. The third-order valence-corrected chi connectivity index (χ3v) is 3.62. The van der Waals surface area contributed by atoms with E-state index < -0.39 is 11.6 Å². The van der Waals surface area contributed by atoms with Crippen molar-refractivity contribution < 1.29 is 18.3 Å². The standard InChI is InChI=1S/C20H22F2N2O2/c1-3-4-11-26-20-14(7-5-9-19(20)25-2)8-6-10-24-18-13-16(22)15(21)12-17(18)23/h5-10,12-13H,3-4,11,23H2,1-2H3. The summed E-state index contributed by atoms with van der Waals surface area (Å²) in [4.78, 5) is 4.05. The van der Waals surface area contributed by atoms with Crippen LogP contribution >= 0.6 is 0 Å². The van der Waals surface area contributed by atoms with Crippen LogP contribution in [0.4, 0.5) is 20.2 Å². The molecule has 138 valence electrons. The molecule has 0 aliphatic rings. The molecule has 2 N–H and O–H groups in total.